The Labute approximate surface area is 166 Å². The third kappa shape index (κ3) is 8.25. The van der Waals surface area contributed by atoms with Crippen molar-refractivity contribution in [1.82, 2.24) is 15.5 Å². The van der Waals surface area contributed by atoms with Crippen molar-refractivity contribution in [3.8, 4) is 0 Å². The standard InChI is InChI=1S/C19H33ClN4OS/c1-2-21-19(23-15-16(25)17-9-10-18(20)26-17)22-11-5-3-6-12-24-13-7-4-8-14-24/h9-10,16,25H,2-8,11-15H2,1H3,(H2,21,22,23). The number of piperidine rings is 1. The molecule has 2 heterocycles. The van der Waals surface area contributed by atoms with E-state index in [1.807, 2.05) is 19.1 Å². The summed E-state index contributed by atoms with van der Waals surface area (Å²) in [7, 11) is 0. The van der Waals surface area contributed by atoms with Gasteiger partial charge in [0.15, 0.2) is 5.96 Å². The van der Waals surface area contributed by atoms with Gasteiger partial charge in [0.1, 0.15) is 6.10 Å². The molecule has 0 amide bonds. The zero-order valence-electron chi connectivity index (χ0n) is 15.8. The first-order valence-electron chi connectivity index (χ1n) is 9.87. The number of aliphatic hydroxyl groups is 1. The molecule has 5 nitrogen and oxygen atoms in total. The predicted octanol–water partition coefficient (Wildman–Crippen LogP) is 3.65. The molecule has 0 bridgehead atoms. The van der Waals surface area contributed by atoms with Crippen LogP contribution in [0.25, 0.3) is 0 Å². The number of hydrogen-bond acceptors (Lipinski definition) is 4. The van der Waals surface area contributed by atoms with E-state index >= 15 is 0 Å². The summed E-state index contributed by atoms with van der Waals surface area (Å²) in [5, 5.41) is 16.8. The van der Waals surface area contributed by atoms with Crippen LogP contribution in [0.5, 0.6) is 0 Å². The molecule has 1 aromatic heterocycles. The minimum absolute atomic E-state index is 0.334. The van der Waals surface area contributed by atoms with Crippen molar-refractivity contribution in [2.75, 3.05) is 39.3 Å². The normalized spacial score (nSPS) is 17.3. The molecule has 1 aliphatic heterocycles. The topological polar surface area (TPSA) is 59.9 Å². The summed E-state index contributed by atoms with van der Waals surface area (Å²) < 4.78 is 0.692. The SMILES string of the molecule is CCNC(=NCC(O)c1ccc(Cl)s1)NCCCCCN1CCCCC1. The van der Waals surface area contributed by atoms with E-state index in [9.17, 15) is 5.11 Å². The van der Waals surface area contributed by atoms with Gasteiger partial charge in [-0.15, -0.1) is 11.3 Å². The molecule has 0 aliphatic carbocycles. The lowest BCUT2D eigenvalue weighted by atomic mass is 10.1. The Hall–Kier alpha value is -0.820. The van der Waals surface area contributed by atoms with Gasteiger partial charge in [-0.05, 0) is 64.4 Å². The molecule has 7 heteroatoms. The highest BCUT2D eigenvalue weighted by atomic mass is 35.5. The first-order chi connectivity index (χ1) is 12.7. The summed E-state index contributed by atoms with van der Waals surface area (Å²) in [5.74, 6) is 0.769. The van der Waals surface area contributed by atoms with Gasteiger partial charge in [0.05, 0.1) is 10.9 Å². The smallest absolute Gasteiger partial charge is 0.191 e. The number of aliphatic hydroxyl groups excluding tert-OH is 1. The highest BCUT2D eigenvalue weighted by molar-refractivity contribution is 7.16. The molecule has 148 valence electrons. The zero-order chi connectivity index (χ0) is 18.6. The van der Waals surface area contributed by atoms with Crippen LogP contribution in [0.4, 0.5) is 0 Å². The van der Waals surface area contributed by atoms with Crippen LogP contribution < -0.4 is 10.6 Å². The highest BCUT2D eigenvalue weighted by Crippen LogP contribution is 2.26. The summed E-state index contributed by atoms with van der Waals surface area (Å²) in [4.78, 5) is 7.94. The Morgan fingerprint density at radius 1 is 1.23 bits per heavy atom. The Balaban J connectivity index is 1.61. The molecule has 1 aromatic rings. The van der Waals surface area contributed by atoms with Crippen molar-refractivity contribution in [2.45, 2.75) is 51.6 Å². The number of guanidine groups is 1. The van der Waals surface area contributed by atoms with Crippen LogP contribution in [-0.4, -0.2) is 55.2 Å². The second-order valence-corrected chi connectivity index (χ2v) is 8.51. The van der Waals surface area contributed by atoms with Crippen molar-refractivity contribution in [2.24, 2.45) is 4.99 Å². The Bertz CT molecular complexity index is 531. The molecule has 0 spiro atoms. The quantitative estimate of drug-likeness (QED) is 0.319. The van der Waals surface area contributed by atoms with E-state index in [-0.39, 0.29) is 0 Å². The van der Waals surface area contributed by atoms with Gasteiger partial charge in [-0.2, -0.15) is 0 Å². The summed E-state index contributed by atoms with van der Waals surface area (Å²) >= 11 is 7.32. The van der Waals surface area contributed by atoms with Crippen molar-refractivity contribution >= 4 is 28.9 Å². The van der Waals surface area contributed by atoms with Crippen LogP contribution in [0, 0.1) is 0 Å². The molecular weight excluding hydrogens is 368 g/mol. The molecule has 1 saturated heterocycles. The minimum Gasteiger partial charge on any atom is -0.386 e. The predicted molar refractivity (Wildman–Crippen MR) is 112 cm³/mol. The third-order valence-electron chi connectivity index (χ3n) is 4.58. The molecule has 1 aliphatic rings. The monoisotopic (exact) mass is 400 g/mol. The number of halogens is 1. The van der Waals surface area contributed by atoms with E-state index in [1.54, 1.807) is 0 Å². The van der Waals surface area contributed by atoms with Crippen molar-refractivity contribution < 1.29 is 5.11 Å². The third-order valence-corrected chi connectivity index (χ3v) is 5.91. The summed E-state index contributed by atoms with van der Waals surface area (Å²) in [6.07, 6.45) is 7.18. The minimum atomic E-state index is -0.604. The van der Waals surface area contributed by atoms with Gasteiger partial charge < -0.3 is 20.6 Å². The molecule has 3 N–H and O–H groups in total. The fourth-order valence-corrected chi connectivity index (χ4v) is 4.18. The Morgan fingerprint density at radius 2 is 2.04 bits per heavy atom. The molecular formula is C19H33ClN4OS. The summed E-state index contributed by atoms with van der Waals surface area (Å²) in [6, 6.07) is 3.66. The first kappa shape index (κ1) is 21.5. The van der Waals surface area contributed by atoms with E-state index in [4.69, 9.17) is 11.6 Å². The highest BCUT2D eigenvalue weighted by Gasteiger charge is 2.10. The average Bonchev–Trinajstić information content (AvgIpc) is 3.09. The number of nitrogens with one attached hydrogen (secondary N) is 2. The number of hydrogen-bond donors (Lipinski definition) is 3. The molecule has 1 atom stereocenters. The van der Waals surface area contributed by atoms with Gasteiger partial charge in [-0.3, -0.25) is 4.99 Å². The van der Waals surface area contributed by atoms with Gasteiger partial charge >= 0.3 is 0 Å². The fourth-order valence-electron chi connectivity index (χ4n) is 3.14. The second-order valence-electron chi connectivity index (χ2n) is 6.77. The number of likely N-dealkylation sites (tertiary alicyclic amines) is 1. The second kappa shape index (κ2) is 12.5. The number of rotatable bonds is 10. The first-order valence-corrected chi connectivity index (χ1v) is 11.1. The maximum Gasteiger partial charge on any atom is 0.191 e. The van der Waals surface area contributed by atoms with Gasteiger partial charge in [0.2, 0.25) is 0 Å². The Morgan fingerprint density at radius 3 is 2.73 bits per heavy atom. The van der Waals surface area contributed by atoms with Gasteiger partial charge in [-0.25, -0.2) is 0 Å². The van der Waals surface area contributed by atoms with Crippen LogP contribution in [0.2, 0.25) is 4.34 Å². The Kier molecular flexibility index (Phi) is 10.4. The lowest BCUT2D eigenvalue weighted by Crippen LogP contribution is -2.38. The maximum absolute atomic E-state index is 10.2. The van der Waals surface area contributed by atoms with Crippen LogP contribution in [0.3, 0.4) is 0 Å². The summed E-state index contributed by atoms with van der Waals surface area (Å²) in [5.41, 5.74) is 0. The van der Waals surface area contributed by atoms with Crippen LogP contribution in [-0.2, 0) is 0 Å². The molecule has 1 fully saturated rings. The molecule has 1 unspecified atom stereocenters. The van der Waals surface area contributed by atoms with E-state index in [0.29, 0.717) is 10.9 Å². The van der Waals surface area contributed by atoms with E-state index in [2.05, 4.69) is 20.5 Å². The van der Waals surface area contributed by atoms with E-state index in [0.717, 1.165) is 30.3 Å². The van der Waals surface area contributed by atoms with Crippen LogP contribution in [0.15, 0.2) is 17.1 Å². The average molecular weight is 401 g/mol. The molecule has 0 saturated carbocycles. The maximum atomic E-state index is 10.2. The number of unbranched alkanes of at least 4 members (excludes halogenated alkanes) is 2. The van der Waals surface area contributed by atoms with Gasteiger partial charge in [0.25, 0.3) is 0 Å². The largest absolute Gasteiger partial charge is 0.386 e. The van der Waals surface area contributed by atoms with Crippen molar-refractivity contribution in [3.05, 3.63) is 21.3 Å². The van der Waals surface area contributed by atoms with Crippen molar-refractivity contribution in [1.29, 1.82) is 0 Å². The fraction of sp³-hybridized carbons (Fsp3) is 0.737. The summed E-state index contributed by atoms with van der Waals surface area (Å²) in [6.45, 7) is 7.91. The number of nitrogens with zero attached hydrogens (tertiary/aromatic N) is 2. The van der Waals surface area contributed by atoms with E-state index < -0.39 is 6.10 Å². The van der Waals surface area contributed by atoms with Crippen LogP contribution in [0.1, 0.15) is 56.4 Å². The van der Waals surface area contributed by atoms with Crippen LogP contribution >= 0.6 is 22.9 Å². The molecule has 0 radical (unpaired) electrons. The van der Waals surface area contributed by atoms with Gasteiger partial charge in [-0.1, -0.05) is 24.4 Å². The molecule has 0 aromatic carbocycles. The lowest BCUT2D eigenvalue weighted by molar-refractivity contribution is 0.191. The van der Waals surface area contributed by atoms with Gasteiger partial charge in [0, 0.05) is 18.0 Å². The number of thiophene rings is 1. The van der Waals surface area contributed by atoms with E-state index in [1.165, 1.54) is 63.1 Å². The number of aliphatic imine (C=N–C) groups is 1. The van der Waals surface area contributed by atoms with Crippen molar-refractivity contribution in [3.63, 3.8) is 0 Å². The lowest BCUT2D eigenvalue weighted by Gasteiger charge is -2.26. The molecule has 2 rings (SSSR count). The molecule has 26 heavy (non-hydrogen) atoms. The zero-order valence-corrected chi connectivity index (χ0v) is 17.4.